The molecule has 0 saturated heterocycles. The van der Waals surface area contributed by atoms with E-state index in [0.29, 0.717) is 6.54 Å². The third-order valence-corrected chi connectivity index (χ3v) is 2.93. The quantitative estimate of drug-likeness (QED) is 0.874. The number of rotatable bonds is 3. The summed E-state index contributed by atoms with van der Waals surface area (Å²) in [7, 11) is 1.68. The molecule has 0 aliphatic carbocycles. The van der Waals surface area contributed by atoms with Crippen LogP contribution in [0.4, 0.5) is 0 Å². The molecule has 2 aromatic rings. The highest BCUT2D eigenvalue weighted by molar-refractivity contribution is 5.68. The first-order valence-electron chi connectivity index (χ1n) is 5.68. The van der Waals surface area contributed by atoms with E-state index in [1.54, 1.807) is 7.11 Å². The van der Waals surface area contributed by atoms with Crippen LogP contribution in [0.15, 0.2) is 42.5 Å². The van der Waals surface area contributed by atoms with Crippen molar-refractivity contribution in [1.29, 1.82) is 0 Å². The fourth-order valence-corrected chi connectivity index (χ4v) is 1.95. The predicted octanol–water partition coefficient (Wildman–Crippen LogP) is 3.13. The predicted molar refractivity (Wildman–Crippen MR) is 71.1 cm³/mol. The average molecular weight is 227 g/mol. The van der Waals surface area contributed by atoms with E-state index in [4.69, 9.17) is 10.5 Å². The highest BCUT2D eigenvalue weighted by atomic mass is 16.5. The zero-order chi connectivity index (χ0) is 12.3. The SMILES string of the molecule is COc1ccc(-c2ccc(CN)cc2C)cc1. The maximum absolute atomic E-state index is 5.63. The Balaban J connectivity index is 2.38. The van der Waals surface area contributed by atoms with Gasteiger partial charge in [-0.1, -0.05) is 30.3 Å². The van der Waals surface area contributed by atoms with Crippen molar-refractivity contribution in [2.24, 2.45) is 5.73 Å². The molecule has 0 heterocycles. The van der Waals surface area contributed by atoms with Crippen LogP contribution in [0.3, 0.4) is 0 Å². The molecule has 0 aliphatic rings. The summed E-state index contributed by atoms with van der Waals surface area (Å²) in [4.78, 5) is 0. The standard InChI is InChI=1S/C15H17NO/c1-11-9-12(10-16)3-8-15(11)13-4-6-14(17-2)7-5-13/h3-9H,10,16H2,1-2H3. The lowest BCUT2D eigenvalue weighted by Gasteiger charge is -2.08. The van der Waals surface area contributed by atoms with Crippen LogP contribution in [-0.4, -0.2) is 7.11 Å². The van der Waals surface area contributed by atoms with Crippen LogP contribution in [0.25, 0.3) is 11.1 Å². The van der Waals surface area contributed by atoms with E-state index in [1.807, 2.05) is 12.1 Å². The second-order valence-corrected chi connectivity index (χ2v) is 4.08. The number of methoxy groups -OCH3 is 1. The highest BCUT2D eigenvalue weighted by Gasteiger charge is 2.02. The van der Waals surface area contributed by atoms with Crippen LogP contribution < -0.4 is 10.5 Å². The average Bonchev–Trinajstić information content (AvgIpc) is 2.39. The minimum atomic E-state index is 0.587. The molecule has 2 N–H and O–H groups in total. The number of nitrogens with two attached hydrogens (primary N) is 1. The van der Waals surface area contributed by atoms with Crippen LogP contribution in [0.2, 0.25) is 0 Å². The van der Waals surface area contributed by atoms with E-state index >= 15 is 0 Å². The molecule has 2 aromatic carbocycles. The molecule has 2 nitrogen and oxygen atoms in total. The van der Waals surface area contributed by atoms with E-state index in [0.717, 1.165) is 5.75 Å². The van der Waals surface area contributed by atoms with Crippen molar-refractivity contribution >= 4 is 0 Å². The molecular formula is C15H17NO. The molecule has 2 heteroatoms. The summed E-state index contributed by atoms with van der Waals surface area (Å²) in [6.07, 6.45) is 0. The summed E-state index contributed by atoms with van der Waals surface area (Å²) in [5, 5.41) is 0. The van der Waals surface area contributed by atoms with Crippen molar-refractivity contribution in [3.63, 3.8) is 0 Å². The molecule has 0 fully saturated rings. The molecule has 0 atom stereocenters. The number of hydrogen-bond acceptors (Lipinski definition) is 2. The van der Waals surface area contributed by atoms with Gasteiger partial charge in [-0.25, -0.2) is 0 Å². The Morgan fingerprint density at radius 2 is 1.76 bits per heavy atom. The third-order valence-electron chi connectivity index (χ3n) is 2.93. The van der Waals surface area contributed by atoms with E-state index in [2.05, 4.69) is 37.3 Å². The Hall–Kier alpha value is -1.80. The number of hydrogen-bond donors (Lipinski definition) is 1. The number of aryl methyl sites for hydroxylation is 1. The summed E-state index contributed by atoms with van der Waals surface area (Å²) < 4.78 is 5.16. The van der Waals surface area contributed by atoms with Crippen LogP contribution in [0, 0.1) is 6.92 Å². The Kier molecular flexibility index (Phi) is 3.45. The second-order valence-electron chi connectivity index (χ2n) is 4.08. The Morgan fingerprint density at radius 1 is 1.06 bits per heavy atom. The molecule has 88 valence electrons. The fourth-order valence-electron chi connectivity index (χ4n) is 1.95. The van der Waals surface area contributed by atoms with Crippen LogP contribution >= 0.6 is 0 Å². The first-order valence-corrected chi connectivity index (χ1v) is 5.68. The van der Waals surface area contributed by atoms with Crippen molar-refractivity contribution in [2.75, 3.05) is 7.11 Å². The van der Waals surface area contributed by atoms with Gasteiger partial charge in [-0.2, -0.15) is 0 Å². The summed E-state index contributed by atoms with van der Waals surface area (Å²) in [6.45, 7) is 2.70. The second kappa shape index (κ2) is 5.02. The van der Waals surface area contributed by atoms with Gasteiger partial charge >= 0.3 is 0 Å². The summed E-state index contributed by atoms with van der Waals surface area (Å²) in [5.74, 6) is 0.880. The molecule has 0 amide bonds. The summed E-state index contributed by atoms with van der Waals surface area (Å²) in [5.41, 5.74) is 10.5. The van der Waals surface area contributed by atoms with Gasteiger partial charge in [0.15, 0.2) is 0 Å². The largest absolute Gasteiger partial charge is 0.497 e. The molecule has 17 heavy (non-hydrogen) atoms. The van der Waals surface area contributed by atoms with Gasteiger partial charge < -0.3 is 10.5 Å². The monoisotopic (exact) mass is 227 g/mol. The fraction of sp³-hybridized carbons (Fsp3) is 0.200. The van der Waals surface area contributed by atoms with E-state index in [-0.39, 0.29) is 0 Å². The zero-order valence-corrected chi connectivity index (χ0v) is 10.2. The highest BCUT2D eigenvalue weighted by Crippen LogP contribution is 2.26. The van der Waals surface area contributed by atoms with E-state index < -0.39 is 0 Å². The van der Waals surface area contributed by atoms with Crippen molar-refractivity contribution in [3.8, 4) is 16.9 Å². The van der Waals surface area contributed by atoms with Crippen LogP contribution in [0.1, 0.15) is 11.1 Å². The molecule has 0 spiro atoms. The maximum Gasteiger partial charge on any atom is 0.118 e. The Labute approximate surface area is 102 Å². The molecule has 0 aliphatic heterocycles. The van der Waals surface area contributed by atoms with Crippen molar-refractivity contribution in [3.05, 3.63) is 53.6 Å². The zero-order valence-electron chi connectivity index (χ0n) is 10.2. The number of benzene rings is 2. The van der Waals surface area contributed by atoms with Gasteiger partial charge in [0.2, 0.25) is 0 Å². The number of ether oxygens (including phenoxy) is 1. The lowest BCUT2D eigenvalue weighted by Crippen LogP contribution is -1.97. The summed E-state index contributed by atoms with van der Waals surface area (Å²) in [6, 6.07) is 14.4. The van der Waals surface area contributed by atoms with Gasteiger partial charge in [-0.15, -0.1) is 0 Å². The lowest BCUT2D eigenvalue weighted by molar-refractivity contribution is 0.415. The van der Waals surface area contributed by atoms with Gasteiger partial charge in [0, 0.05) is 6.54 Å². The Bertz CT molecular complexity index is 503. The van der Waals surface area contributed by atoms with E-state index in [9.17, 15) is 0 Å². The minimum absolute atomic E-state index is 0.587. The van der Waals surface area contributed by atoms with Crippen molar-refractivity contribution in [2.45, 2.75) is 13.5 Å². The molecule has 2 rings (SSSR count). The first kappa shape index (κ1) is 11.7. The first-order chi connectivity index (χ1) is 8.24. The lowest BCUT2D eigenvalue weighted by atomic mass is 9.98. The normalized spacial score (nSPS) is 10.3. The molecule has 0 saturated carbocycles. The van der Waals surface area contributed by atoms with Gasteiger partial charge in [0.25, 0.3) is 0 Å². The molecular weight excluding hydrogens is 210 g/mol. The Morgan fingerprint density at radius 3 is 2.29 bits per heavy atom. The minimum Gasteiger partial charge on any atom is -0.497 e. The molecule has 0 radical (unpaired) electrons. The van der Waals surface area contributed by atoms with Gasteiger partial charge in [0.1, 0.15) is 5.75 Å². The maximum atomic E-state index is 5.63. The van der Waals surface area contributed by atoms with Gasteiger partial charge in [0.05, 0.1) is 7.11 Å². The van der Waals surface area contributed by atoms with Crippen molar-refractivity contribution < 1.29 is 4.74 Å². The van der Waals surface area contributed by atoms with Gasteiger partial charge in [-0.3, -0.25) is 0 Å². The summed E-state index contributed by atoms with van der Waals surface area (Å²) >= 11 is 0. The van der Waals surface area contributed by atoms with Crippen LogP contribution in [0.5, 0.6) is 5.75 Å². The molecule has 0 unspecified atom stereocenters. The molecule has 0 bridgehead atoms. The van der Waals surface area contributed by atoms with Crippen molar-refractivity contribution in [1.82, 2.24) is 0 Å². The molecule has 0 aromatic heterocycles. The van der Waals surface area contributed by atoms with E-state index in [1.165, 1.54) is 22.3 Å². The third kappa shape index (κ3) is 2.48. The van der Waals surface area contributed by atoms with Crippen LogP contribution in [-0.2, 0) is 6.54 Å². The smallest absolute Gasteiger partial charge is 0.118 e. The van der Waals surface area contributed by atoms with Gasteiger partial charge in [-0.05, 0) is 41.3 Å². The topological polar surface area (TPSA) is 35.2 Å².